The van der Waals surface area contributed by atoms with Crippen molar-refractivity contribution in [1.29, 1.82) is 0 Å². The maximum absolute atomic E-state index is 13.9. The van der Waals surface area contributed by atoms with Gasteiger partial charge in [0.25, 0.3) is 5.91 Å². The van der Waals surface area contributed by atoms with Gasteiger partial charge in [-0.3, -0.25) is 14.4 Å². The third-order valence-corrected chi connectivity index (χ3v) is 10.3. The van der Waals surface area contributed by atoms with Gasteiger partial charge in [0.1, 0.15) is 17.0 Å². The Morgan fingerprint density at radius 3 is 2.54 bits per heavy atom. The molecule has 1 saturated heterocycles. The number of thiazole rings is 1. The van der Waals surface area contributed by atoms with Gasteiger partial charge in [-0.2, -0.15) is 0 Å². The number of hydrogen-bond donors (Lipinski definition) is 3. The molecule has 2 aromatic rings. The van der Waals surface area contributed by atoms with Gasteiger partial charge in [0.05, 0.1) is 6.20 Å². The second-order valence-electron chi connectivity index (χ2n) is 12.1. The lowest BCUT2D eigenvalue weighted by molar-refractivity contribution is -0.139. The van der Waals surface area contributed by atoms with Crippen LogP contribution in [0.3, 0.4) is 0 Å². The number of amides is 3. The summed E-state index contributed by atoms with van der Waals surface area (Å²) in [5, 5.41) is 6.36. The lowest BCUT2D eigenvalue weighted by Crippen LogP contribution is -2.58. The van der Waals surface area contributed by atoms with E-state index in [0.29, 0.717) is 35.4 Å². The molecule has 2 aliphatic carbocycles. The van der Waals surface area contributed by atoms with E-state index in [1.54, 1.807) is 0 Å². The lowest BCUT2D eigenvalue weighted by Gasteiger charge is -2.41. The van der Waals surface area contributed by atoms with Gasteiger partial charge < -0.3 is 21.3 Å². The Bertz CT molecular complexity index is 1280. The molecule has 0 bridgehead atoms. The number of hydrogen-bond acceptors (Lipinski definition) is 6. The smallest absolute Gasteiger partial charge is 0.263 e. The van der Waals surface area contributed by atoms with Gasteiger partial charge in [0.15, 0.2) is 5.13 Å². The van der Waals surface area contributed by atoms with Crippen molar-refractivity contribution in [1.82, 2.24) is 20.5 Å². The van der Waals surface area contributed by atoms with Crippen LogP contribution in [0.1, 0.15) is 92.4 Å². The molecule has 2 fully saturated rings. The van der Waals surface area contributed by atoms with Gasteiger partial charge in [-0.15, -0.1) is 0 Å². The van der Waals surface area contributed by atoms with Crippen LogP contribution in [0.15, 0.2) is 36.5 Å². The van der Waals surface area contributed by atoms with Crippen molar-refractivity contribution in [2.45, 2.75) is 89.1 Å². The topological polar surface area (TPSA) is 117 Å². The molecule has 8 nitrogen and oxygen atoms in total. The van der Waals surface area contributed by atoms with E-state index in [1.165, 1.54) is 23.7 Å². The standard InChI is InChI=1S/C32H43N5O3S/c1-3-21(2)27(30(40)37-17-15-32(16-18-37)14-13-23-11-7-8-12-24(23)32)36-28(38)25(19-22-9-5-4-6-10-22)35-29(39)26-20-34-31(33)41-26/h7-8,11-14,20-22,25,27H,3-6,9-10,15-19H2,1-2H3,(H2,33,34)(H,35,39)(H,36,38)/t21-,25-,27-/m0/s1. The largest absolute Gasteiger partial charge is 0.375 e. The molecule has 1 saturated carbocycles. The van der Waals surface area contributed by atoms with E-state index in [1.807, 2.05) is 18.7 Å². The summed E-state index contributed by atoms with van der Waals surface area (Å²) in [4.78, 5) is 47.0. The van der Waals surface area contributed by atoms with E-state index in [9.17, 15) is 14.4 Å². The number of allylic oxidation sites excluding steroid dienone is 1. The van der Waals surface area contributed by atoms with Crippen LogP contribution >= 0.6 is 11.3 Å². The highest BCUT2D eigenvalue weighted by Crippen LogP contribution is 2.43. The van der Waals surface area contributed by atoms with Crippen molar-refractivity contribution < 1.29 is 14.4 Å². The molecule has 1 aromatic heterocycles. The summed E-state index contributed by atoms with van der Waals surface area (Å²) in [7, 11) is 0. The summed E-state index contributed by atoms with van der Waals surface area (Å²) < 4.78 is 0. The monoisotopic (exact) mass is 577 g/mol. The van der Waals surface area contributed by atoms with E-state index in [2.05, 4.69) is 52.0 Å². The van der Waals surface area contributed by atoms with Crippen LogP contribution in [0.2, 0.25) is 0 Å². The van der Waals surface area contributed by atoms with Gasteiger partial charge in [0.2, 0.25) is 11.8 Å². The van der Waals surface area contributed by atoms with Crippen LogP contribution in [-0.2, 0) is 15.0 Å². The number of nitrogens with two attached hydrogens (primary N) is 1. The highest BCUT2D eigenvalue weighted by atomic mass is 32.1. The average molecular weight is 578 g/mol. The van der Waals surface area contributed by atoms with Crippen molar-refractivity contribution in [2.75, 3.05) is 18.8 Å². The summed E-state index contributed by atoms with van der Waals surface area (Å²) in [6, 6.07) is 7.15. The number of nitrogen functional groups attached to an aromatic ring is 1. The van der Waals surface area contributed by atoms with Crippen molar-refractivity contribution in [3.63, 3.8) is 0 Å². The number of benzene rings is 1. The first-order chi connectivity index (χ1) is 19.8. The summed E-state index contributed by atoms with van der Waals surface area (Å²) >= 11 is 1.10. The summed E-state index contributed by atoms with van der Waals surface area (Å²) in [6.07, 6.45) is 14.6. The molecule has 220 valence electrons. The fourth-order valence-electron chi connectivity index (χ4n) is 6.74. The average Bonchev–Trinajstić information content (AvgIpc) is 3.59. The third-order valence-electron chi connectivity index (χ3n) is 9.49. The normalized spacial score (nSPS) is 20.3. The Morgan fingerprint density at radius 1 is 1.12 bits per heavy atom. The second-order valence-corrected chi connectivity index (χ2v) is 13.2. The van der Waals surface area contributed by atoms with E-state index in [0.717, 1.165) is 56.3 Å². The SMILES string of the molecule is CC[C@H](C)[C@H](NC(=O)[C@H](CC1CCCCC1)NC(=O)c1cnc(N)s1)C(=O)N1CCC2(C=Cc3ccccc32)CC1. The van der Waals surface area contributed by atoms with Crippen LogP contribution in [0.4, 0.5) is 5.13 Å². The molecule has 3 amide bonds. The Kier molecular flexibility index (Phi) is 9.12. The summed E-state index contributed by atoms with van der Waals surface area (Å²) in [6.45, 7) is 5.35. The van der Waals surface area contributed by atoms with Crippen molar-refractivity contribution >= 4 is 40.3 Å². The Hall–Kier alpha value is -3.20. The van der Waals surface area contributed by atoms with Gasteiger partial charge in [-0.25, -0.2) is 4.98 Å². The van der Waals surface area contributed by atoms with Gasteiger partial charge >= 0.3 is 0 Å². The third kappa shape index (κ3) is 6.50. The zero-order chi connectivity index (χ0) is 29.0. The highest BCUT2D eigenvalue weighted by molar-refractivity contribution is 7.17. The maximum atomic E-state index is 13.9. The van der Waals surface area contributed by atoms with Crippen molar-refractivity contribution in [3.05, 3.63) is 52.5 Å². The number of fused-ring (bicyclic) bond motifs is 2. The minimum atomic E-state index is -0.724. The molecule has 3 aliphatic rings. The molecule has 1 aromatic carbocycles. The highest BCUT2D eigenvalue weighted by Gasteiger charge is 2.41. The van der Waals surface area contributed by atoms with E-state index in [4.69, 9.17) is 5.73 Å². The molecule has 5 rings (SSSR count). The van der Waals surface area contributed by atoms with Gasteiger partial charge in [-0.1, -0.05) is 100 Å². The molecular weight excluding hydrogens is 534 g/mol. The van der Waals surface area contributed by atoms with Crippen LogP contribution in [0.25, 0.3) is 6.08 Å². The first-order valence-electron chi connectivity index (χ1n) is 15.2. The number of nitrogens with zero attached hydrogens (tertiary/aromatic N) is 2. The second kappa shape index (κ2) is 12.8. The summed E-state index contributed by atoms with van der Waals surface area (Å²) in [5.74, 6) is -0.351. The maximum Gasteiger partial charge on any atom is 0.263 e. The Balaban J connectivity index is 1.28. The van der Waals surface area contributed by atoms with Crippen molar-refractivity contribution in [3.8, 4) is 0 Å². The first kappa shape index (κ1) is 29.3. The number of nitrogens with one attached hydrogen (secondary N) is 2. The van der Waals surface area contributed by atoms with Crippen molar-refractivity contribution in [2.24, 2.45) is 11.8 Å². The van der Waals surface area contributed by atoms with Crippen LogP contribution in [0, 0.1) is 11.8 Å². The molecule has 9 heteroatoms. The molecule has 0 unspecified atom stereocenters. The number of anilines is 1. The number of piperidine rings is 1. The fraction of sp³-hybridized carbons (Fsp3) is 0.562. The zero-order valence-electron chi connectivity index (χ0n) is 24.2. The minimum Gasteiger partial charge on any atom is -0.375 e. The predicted octanol–water partition coefficient (Wildman–Crippen LogP) is 4.91. The molecule has 3 atom stereocenters. The van der Waals surface area contributed by atoms with E-state index < -0.39 is 12.1 Å². The Labute approximate surface area is 247 Å². The molecule has 1 aliphatic heterocycles. The first-order valence-corrected chi connectivity index (χ1v) is 16.0. The lowest BCUT2D eigenvalue weighted by atomic mass is 9.74. The van der Waals surface area contributed by atoms with Gasteiger partial charge in [-0.05, 0) is 42.2 Å². The summed E-state index contributed by atoms with van der Waals surface area (Å²) in [5.41, 5.74) is 8.34. The minimum absolute atomic E-state index is 0.0160. The number of carbonyl (C=O) groups is 3. The number of carbonyl (C=O) groups excluding carboxylic acids is 3. The van der Waals surface area contributed by atoms with E-state index in [-0.39, 0.29) is 29.1 Å². The molecule has 0 radical (unpaired) electrons. The molecule has 1 spiro atoms. The fourth-order valence-corrected chi connectivity index (χ4v) is 7.33. The van der Waals surface area contributed by atoms with Crippen LogP contribution in [-0.4, -0.2) is 52.8 Å². The van der Waals surface area contributed by atoms with Crippen LogP contribution < -0.4 is 16.4 Å². The molecule has 41 heavy (non-hydrogen) atoms. The number of aromatic nitrogens is 1. The zero-order valence-corrected chi connectivity index (χ0v) is 25.1. The van der Waals surface area contributed by atoms with E-state index >= 15 is 0 Å². The molecule has 4 N–H and O–H groups in total. The van der Waals surface area contributed by atoms with Crippen LogP contribution in [0.5, 0.6) is 0 Å². The quantitative estimate of drug-likeness (QED) is 0.391. The molecular formula is C32H43N5O3S. The predicted molar refractivity (Wildman–Crippen MR) is 163 cm³/mol. The van der Waals surface area contributed by atoms with Gasteiger partial charge in [0, 0.05) is 18.5 Å². The number of likely N-dealkylation sites (tertiary alicyclic amines) is 1. The number of rotatable bonds is 9. The Morgan fingerprint density at radius 2 is 1.85 bits per heavy atom. The molecule has 2 heterocycles.